The van der Waals surface area contributed by atoms with E-state index in [1.54, 1.807) is 0 Å². The molecule has 0 unspecified atom stereocenters. The van der Waals surface area contributed by atoms with Crippen molar-refractivity contribution in [3.8, 4) is 0 Å². The Labute approximate surface area is 421 Å². The van der Waals surface area contributed by atoms with E-state index in [1.807, 2.05) is 0 Å². The fourth-order valence-electron chi connectivity index (χ4n) is 16.0. The number of carbonyl (C=O) groups is 1. The van der Waals surface area contributed by atoms with Gasteiger partial charge in [-0.1, -0.05) is 60.1 Å². The molecule has 9 rings (SSSR count). The molecular formula is C52H84O20. The van der Waals surface area contributed by atoms with E-state index in [4.69, 9.17) is 37.9 Å². The summed E-state index contributed by atoms with van der Waals surface area (Å²) in [5, 5.41) is 119. The summed E-state index contributed by atoms with van der Waals surface area (Å²) in [7, 11) is 0. The molecule has 72 heavy (non-hydrogen) atoms. The van der Waals surface area contributed by atoms with Crippen molar-refractivity contribution in [2.24, 2.45) is 50.2 Å². The van der Waals surface area contributed by atoms with Gasteiger partial charge in [0.15, 0.2) is 25.2 Å². The normalized spacial score (nSPS) is 54.3. The monoisotopic (exact) mass is 1030 g/mol. The molecule has 0 aromatic rings. The lowest BCUT2D eigenvalue weighted by atomic mass is 9.33. The summed E-state index contributed by atoms with van der Waals surface area (Å²) in [6.45, 7) is 16.3. The van der Waals surface area contributed by atoms with Crippen LogP contribution in [0, 0.1) is 50.2 Å². The van der Waals surface area contributed by atoms with E-state index in [0.29, 0.717) is 25.2 Å². The van der Waals surface area contributed by atoms with Gasteiger partial charge in [-0.2, -0.15) is 0 Å². The maximum absolute atomic E-state index is 13.2. The summed E-state index contributed by atoms with van der Waals surface area (Å²) in [6, 6.07) is 0. The molecule has 5 aliphatic carbocycles. The fraction of sp³-hybridized carbons (Fsp3) is 0.942. The molecule has 0 bridgehead atoms. The largest absolute Gasteiger partial charge is 0.481 e. The standard InChI is InChI=1S/C52H84O20/c1-23-32(55)40(71-42-37(60)33(56)26(54)21-65-42)39(62)44(67-23)72-41-35(58)28(69-43-38(61)36(59)34(57)27(20-53)68-43)22-66-45(41)70-31-12-13-49(6)29(48(31,4)5)11-14-51(8)30(49)10-9-24-25-19-47(2,3)15-17-52(25,46(63)64)18-16-50(24,51)7/h9,23,25-45,53-62H,10-22H2,1-8H3,(H,63,64)/t23-,25-,26+,27+,28-,29-,30+,31-,32-,33-,34+,35-,36-,37+,38+,39+,40+,41+,42-,43-,44-,45-,49-,50+,51+,52-/m0/s1. The van der Waals surface area contributed by atoms with Gasteiger partial charge in [-0.05, 0) is 116 Å². The molecule has 0 spiro atoms. The first-order valence-corrected chi connectivity index (χ1v) is 26.5. The van der Waals surface area contributed by atoms with Gasteiger partial charge in [0.25, 0.3) is 0 Å². The van der Waals surface area contributed by atoms with Gasteiger partial charge in [-0.3, -0.25) is 4.79 Å². The summed E-state index contributed by atoms with van der Waals surface area (Å²) in [4.78, 5) is 13.2. The number of aliphatic hydroxyl groups excluding tert-OH is 10. The number of hydrogen-bond donors (Lipinski definition) is 11. The van der Waals surface area contributed by atoms with Crippen LogP contribution in [-0.4, -0.2) is 199 Å². The van der Waals surface area contributed by atoms with Crippen molar-refractivity contribution in [3.63, 3.8) is 0 Å². The minimum Gasteiger partial charge on any atom is -0.481 e. The third-order valence-corrected chi connectivity index (χ3v) is 20.7. The Balaban J connectivity index is 0.969. The maximum atomic E-state index is 13.2. The quantitative estimate of drug-likeness (QED) is 0.107. The van der Waals surface area contributed by atoms with E-state index < -0.39 is 147 Å². The first-order valence-electron chi connectivity index (χ1n) is 26.5. The molecule has 4 saturated heterocycles. The van der Waals surface area contributed by atoms with Crippen LogP contribution in [0.15, 0.2) is 11.6 Å². The molecule has 4 aliphatic heterocycles. The second-order valence-corrected chi connectivity index (χ2v) is 25.4. The smallest absolute Gasteiger partial charge is 0.310 e. The number of ether oxygens (including phenoxy) is 8. The molecular weight excluding hydrogens is 945 g/mol. The molecule has 0 radical (unpaired) electrons. The highest BCUT2D eigenvalue weighted by Gasteiger charge is 2.70. The van der Waals surface area contributed by atoms with Gasteiger partial charge < -0.3 is 94.1 Å². The number of fused-ring (bicyclic) bond motifs is 7. The van der Waals surface area contributed by atoms with Gasteiger partial charge in [-0.15, -0.1) is 0 Å². The van der Waals surface area contributed by atoms with Crippen molar-refractivity contribution in [1.29, 1.82) is 0 Å². The minimum atomic E-state index is -1.82. The van der Waals surface area contributed by atoms with Gasteiger partial charge in [-0.25, -0.2) is 0 Å². The predicted octanol–water partition coefficient (Wildman–Crippen LogP) is 0.836. The Kier molecular flexibility index (Phi) is 15.2. The zero-order valence-corrected chi connectivity index (χ0v) is 43.1. The average molecular weight is 1030 g/mol. The zero-order valence-electron chi connectivity index (χ0n) is 43.1. The topological polar surface area (TPSA) is 313 Å². The van der Waals surface area contributed by atoms with Gasteiger partial charge in [0.2, 0.25) is 0 Å². The van der Waals surface area contributed by atoms with Gasteiger partial charge in [0, 0.05) is 0 Å². The molecule has 26 atom stereocenters. The van der Waals surface area contributed by atoms with Crippen LogP contribution in [0.25, 0.3) is 0 Å². The van der Waals surface area contributed by atoms with Crippen molar-refractivity contribution in [2.45, 2.75) is 236 Å². The lowest BCUT2D eigenvalue weighted by Crippen LogP contribution is -2.67. The van der Waals surface area contributed by atoms with Crippen molar-refractivity contribution in [3.05, 3.63) is 11.6 Å². The van der Waals surface area contributed by atoms with Crippen LogP contribution >= 0.6 is 0 Å². The van der Waals surface area contributed by atoms with E-state index in [0.717, 1.165) is 44.9 Å². The number of carboxylic acid groups (broad SMARTS) is 1. The Morgan fingerprint density at radius 2 is 1.29 bits per heavy atom. The van der Waals surface area contributed by atoms with E-state index in [9.17, 15) is 61.0 Å². The van der Waals surface area contributed by atoms with Crippen LogP contribution < -0.4 is 0 Å². The number of rotatable bonds is 10. The first kappa shape index (κ1) is 55.3. The number of allylic oxidation sites excluding steroid dienone is 2. The molecule has 9 aliphatic rings. The highest BCUT2D eigenvalue weighted by Crippen LogP contribution is 2.76. The van der Waals surface area contributed by atoms with Crippen LogP contribution in [0.4, 0.5) is 0 Å². The Bertz CT molecular complexity index is 1990. The molecule has 8 fully saturated rings. The number of carboxylic acids is 1. The second kappa shape index (κ2) is 19.7. The van der Waals surface area contributed by atoms with E-state index in [1.165, 1.54) is 12.5 Å². The van der Waals surface area contributed by atoms with Crippen molar-refractivity contribution >= 4 is 5.97 Å². The first-order chi connectivity index (χ1) is 33.7. The molecule has 0 aromatic heterocycles. The molecule has 4 saturated carbocycles. The molecule has 4 heterocycles. The van der Waals surface area contributed by atoms with Crippen molar-refractivity contribution < 1.29 is 98.9 Å². The van der Waals surface area contributed by atoms with Crippen LogP contribution in [-0.2, 0) is 42.7 Å². The lowest BCUT2D eigenvalue weighted by Gasteiger charge is -2.71. The number of hydrogen-bond acceptors (Lipinski definition) is 19. The molecule has 20 nitrogen and oxygen atoms in total. The van der Waals surface area contributed by atoms with Gasteiger partial charge >= 0.3 is 5.97 Å². The predicted molar refractivity (Wildman–Crippen MR) is 250 cm³/mol. The average Bonchev–Trinajstić information content (AvgIpc) is 3.32. The van der Waals surface area contributed by atoms with Gasteiger partial charge in [0.05, 0.1) is 37.4 Å². The Hall–Kier alpha value is -1.51. The van der Waals surface area contributed by atoms with E-state index in [2.05, 4.69) is 54.5 Å². The van der Waals surface area contributed by atoms with Gasteiger partial charge in [0.1, 0.15) is 79.4 Å². The molecule has 0 amide bonds. The zero-order chi connectivity index (χ0) is 52.4. The summed E-state index contributed by atoms with van der Waals surface area (Å²) < 4.78 is 48.7. The molecule has 412 valence electrons. The SMILES string of the molecule is C[C@@H]1O[C@@H](O[C@H]2[C@H](O[C@H]3CC[C@]4(C)[C@H]5CC=C6[C@@H]7CC(C)(C)CC[C@]7(C(=O)O)CC[C@@]6(C)[C@]5(C)CC[C@H]4C3(C)C)OC[C@H](O[C@@H]3O[C@H](CO)[C@@H](O)[C@H](O)[C@H]3O)[C@@H]2O)[C@H](O)[C@H](O[C@@H]2OC[C@@H](O)[C@H](O)[C@H]2O)[C@H]1O. The highest BCUT2D eigenvalue weighted by atomic mass is 16.8. The summed E-state index contributed by atoms with van der Waals surface area (Å²) in [6.07, 6.45) is -17.9. The molecule has 11 N–H and O–H groups in total. The number of aliphatic hydroxyl groups is 10. The second-order valence-electron chi connectivity index (χ2n) is 25.4. The highest BCUT2D eigenvalue weighted by molar-refractivity contribution is 5.76. The molecule has 20 heteroatoms. The summed E-state index contributed by atoms with van der Waals surface area (Å²) in [5.41, 5.74) is -0.167. The maximum Gasteiger partial charge on any atom is 0.310 e. The summed E-state index contributed by atoms with van der Waals surface area (Å²) >= 11 is 0. The van der Waals surface area contributed by atoms with E-state index >= 15 is 0 Å². The third-order valence-electron chi connectivity index (χ3n) is 20.7. The number of aliphatic carboxylic acids is 1. The molecule has 0 aromatic carbocycles. The van der Waals surface area contributed by atoms with Crippen LogP contribution in [0.2, 0.25) is 0 Å². The van der Waals surface area contributed by atoms with Crippen LogP contribution in [0.3, 0.4) is 0 Å². The van der Waals surface area contributed by atoms with Crippen molar-refractivity contribution in [1.82, 2.24) is 0 Å². The third kappa shape index (κ3) is 8.87. The lowest BCUT2D eigenvalue weighted by molar-refractivity contribution is -0.388. The Morgan fingerprint density at radius 3 is 1.99 bits per heavy atom. The Morgan fingerprint density at radius 1 is 0.639 bits per heavy atom. The van der Waals surface area contributed by atoms with Crippen molar-refractivity contribution in [2.75, 3.05) is 19.8 Å². The van der Waals surface area contributed by atoms with E-state index in [-0.39, 0.29) is 40.1 Å². The fourth-order valence-corrected chi connectivity index (χ4v) is 16.0. The van der Waals surface area contributed by atoms with Crippen LogP contribution in [0.5, 0.6) is 0 Å². The summed E-state index contributed by atoms with van der Waals surface area (Å²) in [5.74, 6) is -0.177. The minimum absolute atomic E-state index is 0.000712. The van der Waals surface area contributed by atoms with Crippen LogP contribution in [0.1, 0.15) is 120 Å².